The number of carbonyl (C=O) groups is 2. The fourth-order valence-electron chi connectivity index (χ4n) is 1.86. The smallest absolute Gasteiger partial charge is 0.286 e. The number of thiophene rings is 1. The van der Waals surface area contributed by atoms with Crippen LogP contribution in [-0.2, 0) is 6.42 Å². The lowest BCUT2D eigenvalue weighted by atomic mass is 10.1. The molecule has 3 N–H and O–H groups in total. The van der Waals surface area contributed by atoms with Crippen LogP contribution >= 0.6 is 11.3 Å². The number of aryl methyl sites for hydroxylation is 2. The van der Waals surface area contributed by atoms with Gasteiger partial charge in [-0.2, -0.15) is 0 Å². The van der Waals surface area contributed by atoms with E-state index in [1.807, 2.05) is 13.0 Å². The number of rotatable bonds is 4. The monoisotopic (exact) mass is 291 g/mol. The molecule has 0 aliphatic heterocycles. The molecule has 106 valence electrons. The summed E-state index contributed by atoms with van der Waals surface area (Å²) < 4.78 is 0. The third kappa shape index (κ3) is 3.27. The van der Waals surface area contributed by atoms with Gasteiger partial charge in [-0.05, 0) is 37.1 Å². The van der Waals surface area contributed by atoms with E-state index in [4.69, 9.17) is 0 Å². The van der Waals surface area contributed by atoms with Crippen molar-refractivity contribution in [1.29, 1.82) is 0 Å². The number of hydrogen-bond donors (Lipinski definition) is 3. The molecule has 0 bridgehead atoms. The SMILES string of the molecule is CCCc1cc(C(=O)NNC(=O)c2ccc[nH]2)sc1C. The first-order valence-electron chi connectivity index (χ1n) is 6.45. The zero-order valence-corrected chi connectivity index (χ0v) is 12.3. The first-order valence-corrected chi connectivity index (χ1v) is 7.27. The van der Waals surface area contributed by atoms with Crippen molar-refractivity contribution < 1.29 is 9.59 Å². The van der Waals surface area contributed by atoms with E-state index in [1.54, 1.807) is 18.3 Å². The summed E-state index contributed by atoms with van der Waals surface area (Å²) in [7, 11) is 0. The van der Waals surface area contributed by atoms with Gasteiger partial charge in [-0.15, -0.1) is 11.3 Å². The third-order valence-electron chi connectivity index (χ3n) is 2.90. The second-order valence-electron chi connectivity index (χ2n) is 4.43. The maximum atomic E-state index is 12.0. The van der Waals surface area contributed by atoms with Gasteiger partial charge >= 0.3 is 0 Å². The summed E-state index contributed by atoms with van der Waals surface area (Å²) in [5.41, 5.74) is 6.40. The number of amides is 2. The highest BCUT2D eigenvalue weighted by Crippen LogP contribution is 2.22. The molecule has 0 unspecified atom stereocenters. The molecule has 0 radical (unpaired) electrons. The Morgan fingerprint density at radius 3 is 2.70 bits per heavy atom. The van der Waals surface area contributed by atoms with Crippen LogP contribution in [0.2, 0.25) is 0 Å². The molecule has 2 rings (SSSR count). The van der Waals surface area contributed by atoms with E-state index >= 15 is 0 Å². The van der Waals surface area contributed by atoms with Gasteiger partial charge in [0.05, 0.1) is 4.88 Å². The lowest BCUT2D eigenvalue weighted by Gasteiger charge is -2.04. The minimum atomic E-state index is -0.370. The van der Waals surface area contributed by atoms with Gasteiger partial charge in [-0.3, -0.25) is 20.4 Å². The molecule has 6 heteroatoms. The fraction of sp³-hybridized carbons (Fsp3) is 0.286. The normalized spacial score (nSPS) is 10.3. The van der Waals surface area contributed by atoms with E-state index in [9.17, 15) is 9.59 Å². The van der Waals surface area contributed by atoms with Crippen LogP contribution in [0.15, 0.2) is 24.4 Å². The van der Waals surface area contributed by atoms with Crippen molar-refractivity contribution in [1.82, 2.24) is 15.8 Å². The first-order chi connectivity index (χ1) is 9.61. The number of hydrogen-bond acceptors (Lipinski definition) is 3. The number of H-pyrrole nitrogens is 1. The van der Waals surface area contributed by atoms with Crippen molar-refractivity contribution in [3.05, 3.63) is 45.4 Å². The number of carbonyl (C=O) groups excluding carboxylic acids is 2. The average Bonchev–Trinajstić information content (AvgIpc) is 3.07. The number of hydrazine groups is 1. The van der Waals surface area contributed by atoms with Crippen LogP contribution in [0.3, 0.4) is 0 Å². The summed E-state index contributed by atoms with van der Waals surface area (Å²) in [5.74, 6) is -0.661. The summed E-state index contributed by atoms with van der Waals surface area (Å²) >= 11 is 1.44. The zero-order chi connectivity index (χ0) is 14.5. The minimum absolute atomic E-state index is 0.291. The Balaban J connectivity index is 1.95. The highest BCUT2D eigenvalue weighted by molar-refractivity contribution is 7.14. The van der Waals surface area contributed by atoms with Gasteiger partial charge < -0.3 is 4.98 Å². The van der Waals surface area contributed by atoms with Crippen molar-refractivity contribution in [2.24, 2.45) is 0 Å². The molecule has 0 saturated heterocycles. The third-order valence-corrected chi connectivity index (χ3v) is 3.99. The highest BCUT2D eigenvalue weighted by Gasteiger charge is 2.13. The fourth-order valence-corrected chi connectivity index (χ4v) is 2.83. The molecule has 2 aromatic rings. The molecule has 2 heterocycles. The number of aromatic nitrogens is 1. The van der Waals surface area contributed by atoms with E-state index in [1.165, 1.54) is 16.9 Å². The molecule has 0 atom stereocenters. The van der Waals surface area contributed by atoms with Crippen LogP contribution in [0.25, 0.3) is 0 Å². The Morgan fingerprint density at radius 2 is 2.05 bits per heavy atom. The molecule has 5 nitrogen and oxygen atoms in total. The summed E-state index contributed by atoms with van der Waals surface area (Å²) in [6.07, 6.45) is 3.66. The van der Waals surface area contributed by atoms with Crippen LogP contribution in [0.5, 0.6) is 0 Å². The highest BCUT2D eigenvalue weighted by atomic mass is 32.1. The van der Waals surface area contributed by atoms with Crippen molar-refractivity contribution in [2.45, 2.75) is 26.7 Å². The standard InChI is InChI=1S/C14H17N3O2S/c1-3-5-10-8-12(20-9(10)2)14(19)17-16-13(18)11-6-4-7-15-11/h4,6-8,15H,3,5H2,1-2H3,(H,16,18)(H,17,19). The van der Waals surface area contributed by atoms with Gasteiger partial charge in [-0.25, -0.2) is 0 Å². The van der Waals surface area contributed by atoms with Crippen LogP contribution in [-0.4, -0.2) is 16.8 Å². The van der Waals surface area contributed by atoms with Crippen molar-refractivity contribution in [2.75, 3.05) is 0 Å². The second kappa shape index (κ2) is 6.38. The van der Waals surface area contributed by atoms with Crippen molar-refractivity contribution >= 4 is 23.2 Å². The Labute approximate surface area is 121 Å². The largest absolute Gasteiger partial charge is 0.357 e. The Bertz CT molecular complexity index is 602. The molecule has 0 spiro atoms. The summed E-state index contributed by atoms with van der Waals surface area (Å²) in [4.78, 5) is 28.2. The molecular formula is C14H17N3O2S. The van der Waals surface area contributed by atoms with Gasteiger partial charge in [0.1, 0.15) is 5.69 Å². The van der Waals surface area contributed by atoms with E-state index in [2.05, 4.69) is 22.8 Å². The Morgan fingerprint density at radius 1 is 1.30 bits per heavy atom. The quantitative estimate of drug-likeness (QED) is 0.757. The van der Waals surface area contributed by atoms with E-state index in [0.29, 0.717) is 10.6 Å². The molecule has 0 aliphatic rings. The number of nitrogens with one attached hydrogen (secondary N) is 3. The molecule has 20 heavy (non-hydrogen) atoms. The summed E-state index contributed by atoms with van der Waals surface area (Å²) in [6.45, 7) is 4.11. The number of aromatic amines is 1. The molecular weight excluding hydrogens is 274 g/mol. The van der Waals surface area contributed by atoms with Gasteiger partial charge in [0.2, 0.25) is 0 Å². The van der Waals surface area contributed by atoms with Gasteiger partial charge in [-0.1, -0.05) is 13.3 Å². The zero-order valence-electron chi connectivity index (χ0n) is 11.4. The Hall–Kier alpha value is -2.08. The van der Waals surface area contributed by atoms with Crippen molar-refractivity contribution in [3.8, 4) is 0 Å². The van der Waals surface area contributed by atoms with Crippen LogP contribution in [0.4, 0.5) is 0 Å². The summed E-state index contributed by atoms with van der Waals surface area (Å²) in [6, 6.07) is 5.24. The van der Waals surface area contributed by atoms with Gasteiger partial charge in [0, 0.05) is 11.1 Å². The predicted molar refractivity (Wildman–Crippen MR) is 78.8 cm³/mol. The van der Waals surface area contributed by atoms with Gasteiger partial charge in [0.15, 0.2) is 0 Å². The topological polar surface area (TPSA) is 74.0 Å². The Kier molecular flexibility index (Phi) is 4.57. The van der Waals surface area contributed by atoms with E-state index < -0.39 is 0 Å². The molecule has 0 aromatic carbocycles. The summed E-state index contributed by atoms with van der Waals surface area (Å²) in [5, 5.41) is 0. The van der Waals surface area contributed by atoms with E-state index in [0.717, 1.165) is 17.7 Å². The van der Waals surface area contributed by atoms with E-state index in [-0.39, 0.29) is 11.8 Å². The molecule has 0 aliphatic carbocycles. The first kappa shape index (κ1) is 14.3. The predicted octanol–water partition coefficient (Wildman–Crippen LogP) is 2.41. The van der Waals surface area contributed by atoms with Crippen LogP contribution < -0.4 is 10.9 Å². The maximum Gasteiger partial charge on any atom is 0.286 e. The molecule has 2 aromatic heterocycles. The lowest BCUT2D eigenvalue weighted by Crippen LogP contribution is -2.41. The van der Waals surface area contributed by atoms with Gasteiger partial charge in [0.25, 0.3) is 11.8 Å². The molecule has 0 fully saturated rings. The maximum absolute atomic E-state index is 12.0. The van der Waals surface area contributed by atoms with Crippen LogP contribution in [0.1, 0.15) is 43.9 Å². The van der Waals surface area contributed by atoms with Crippen molar-refractivity contribution in [3.63, 3.8) is 0 Å². The molecule has 2 amide bonds. The lowest BCUT2D eigenvalue weighted by molar-refractivity contribution is 0.0846. The van der Waals surface area contributed by atoms with Crippen LogP contribution in [0, 0.1) is 6.92 Å². The minimum Gasteiger partial charge on any atom is -0.357 e. The average molecular weight is 291 g/mol. The second-order valence-corrected chi connectivity index (χ2v) is 5.69. The molecule has 0 saturated carbocycles.